The second kappa shape index (κ2) is 7.26. The van der Waals surface area contributed by atoms with Gasteiger partial charge >= 0.3 is 11.9 Å². The van der Waals surface area contributed by atoms with Gasteiger partial charge in [-0.1, -0.05) is 38.5 Å². The summed E-state index contributed by atoms with van der Waals surface area (Å²) in [4.78, 5) is 25.5. The lowest BCUT2D eigenvalue weighted by Crippen LogP contribution is -2.60. The Morgan fingerprint density at radius 2 is 1.97 bits per heavy atom. The number of carbonyl (C=O) groups is 2. The van der Waals surface area contributed by atoms with Crippen molar-refractivity contribution in [2.24, 2.45) is 16.7 Å². The maximum Gasteiger partial charge on any atom is 0.338 e. The lowest BCUT2D eigenvalue weighted by atomic mass is 9.48. The molecular formula is C23H28O6. The van der Waals surface area contributed by atoms with Crippen molar-refractivity contribution in [3.05, 3.63) is 47.0 Å². The third-order valence-corrected chi connectivity index (χ3v) is 7.24. The number of carbonyl (C=O) groups excluding carboxylic acids is 2. The van der Waals surface area contributed by atoms with Crippen LogP contribution in [0.3, 0.4) is 0 Å². The van der Waals surface area contributed by atoms with E-state index in [4.69, 9.17) is 14.2 Å². The number of aliphatic hydroxyl groups is 1. The van der Waals surface area contributed by atoms with Gasteiger partial charge in [-0.2, -0.15) is 0 Å². The zero-order valence-electron chi connectivity index (χ0n) is 17.1. The molecule has 1 aromatic rings. The number of ether oxygens (including phenoxy) is 3. The predicted molar refractivity (Wildman–Crippen MR) is 105 cm³/mol. The topological polar surface area (TPSA) is 82.1 Å². The normalized spacial score (nSPS) is 36.3. The molecule has 1 N–H and O–H groups in total. The summed E-state index contributed by atoms with van der Waals surface area (Å²) >= 11 is 0. The van der Waals surface area contributed by atoms with Crippen molar-refractivity contribution in [1.29, 1.82) is 0 Å². The average Bonchev–Trinajstić information content (AvgIpc) is 3.11. The van der Waals surface area contributed by atoms with Gasteiger partial charge in [0.1, 0.15) is 18.8 Å². The molecule has 0 radical (unpaired) electrons. The van der Waals surface area contributed by atoms with E-state index in [9.17, 15) is 14.7 Å². The molecule has 1 heterocycles. The van der Waals surface area contributed by atoms with Gasteiger partial charge in [-0.3, -0.25) is 0 Å². The SMILES string of the molecule is CO[C@@H]1C2=C(COC2=O)[C@]2(C)CCC[C@](C)(CO)[C@H]2[C@@H]1OC(=O)c1ccccc1. The summed E-state index contributed by atoms with van der Waals surface area (Å²) < 4.78 is 17.2. The van der Waals surface area contributed by atoms with Crippen molar-refractivity contribution in [2.75, 3.05) is 20.3 Å². The van der Waals surface area contributed by atoms with E-state index < -0.39 is 35.0 Å². The summed E-state index contributed by atoms with van der Waals surface area (Å²) in [5.41, 5.74) is 0.994. The minimum atomic E-state index is -0.713. The largest absolute Gasteiger partial charge is 0.458 e. The van der Waals surface area contributed by atoms with Crippen molar-refractivity contribution in [3.63, 3.8) is 0 Å². The van der Waals surface area contributed by atoms with Crippen LogP contribution in [0.1, 0.15) is 43.5 Å². The van der Waals surface area contributed by atoms with Gasteiger partial charge in [0.2, 0.25) is 0 Å². The number of fused-ring (bicyclic) bond motifs is 2. The number of cyclic esters (lactones) is 1. The van der Waals surface area contributed by atoms with Crippen LogP contribution in [-0.2, 0) is 19.0 Å². The van der Waals surface area contributed by atoms with Gasteiger partial charge in [0.05, 0.1) is 11.1 Å². The minimum Gasteiger partial charge on any atom is -0.458 e. The third-order valence-electron chi connectivity index (χ3n) is 7.24. The zero-order chi connectivity index (χ0) is 20.8. The van der Waals surface area contributed by atoms with E-state index in [2.05, 4.69) is 6.92 Å². The molecule has 0 spiro atoms. The molecule has 1 aromatic carbocycles. The van der Waals surface area contributed by atoms with Crippen LogP contribution < -0.4 is 0 Å². The summed E-state index contributed by atoms with van der Waals surface area (Å²) in [7, 11) is 1.52. The first kappa shape index (κ1) is 20.1. The highest BCUT2D eigenvalue weighted by Crippen LogP contribution is 2.61. The Morgan fingerprint density at radius 3 is 2.62 bits per heavy atom. The number of aliphatic hydroxyl groups excluding tert-OH is 1. The molecule has 0 aromatic heterocycles. The summed E-state index contributed by atoms with van der Waals surface area (Å²) in [5.74, 6) is -1.05. The Bertz CT molecular complexity index is 846. The smallest absolute Gasteiger partial charge is 0.338 e. The molecule has 6 heteroatoms. The van der Waals surface area contributed by atoms with Gasteiger partial charge in [-0.25, -0.2) is 9.59 Å². The van der Waals surface area contributed by atoms with Crippen molar-refractivity contribution in [2.45, 2.75) is 45.3 Å². The number of hydrogen-bond donors (Lipinski definition) is 1. The maximum atomic E-state index is 13.0. The van der Waals surface area contributed by atoms with E-state index in [-0.39, 0.29) is 19.1 Å². The van der Waals surface area contributed by atoms with Crippen molar-refractivity contribution < 1.29 is 28.9 Å². The standard InChI is InChI=1S/C23H28O6/c1-22(13-24)10-7-11-23(2)15-12-28-21(26)16(15)17(27-3)18(19(22)23)29-20(25)14-8-5-4-6-9-14/h4-6,8-9,17-19,24H,7,10-13H2,1-3H3/t17-,18-,19-,22-,23+/m1/s1. The molecule has 1 aliphatic heterocycles. The van der Waals surface area contributed by atoms with Gasteiger partial charge in [0.15, 0.2) is 0 Å². The highest BCUT2D eigenvalue weighted by Gasteiger charge is 2.63. The molecule has 29 heavy (non-hydrogen) atoms. The van der Waals surface area contributed by atoms with E-state index in [1.54, 1.807) is 24.3 Å². The highest BCUT2D eigenvalue weighted by atomic mass is 16.6. The molecule has 0 amide bonds. The van der Waals surface area contributed by atoms with Gasteiger partial charge in [-0.05, 0) is 41.4 Å². The van der Waals surface area contributed by atoms with Crippen molar-refractivity contribution in [1.82, 2.24) is 0 Å². The molecule has 1 fully saturated rings. The van der Waals surface area contributed by atoms with E-state index >= 15 is 0 Å². The molecule has 3 aliphatic rings. The molecule has 2 aliphatic carbocycles. The Morgan fingerprint density at radius 1 is 1.24 bits per heavy atom. The molecule has 156 valence electrons. The van der Waals surface area contributed by atoms with Crippen molar-refractivity contribution >= 4 is 11.9 Å². The highest BCUT2D eigenvalue weighted by molar-refractivity contribution is 5.94. The van der Waals surface area contributed by atoms with Crippen LogP contribution in [0.15, 0.2) is 41.5 Å². The number of hydrogen-bond acceptors (Lipinski definition) is 6. The number of benzene rings is 1. The second-order valence-electron chi connectivity index (χ2n) is 8.92. The molecule has 4 rings (SSSR count). The monoisotopic (exact) mass is 400 g/mol. The quantitative estimate of drug-likeness (QED) is 0.783. The van der Waals surface area contributed by atoms with Crippen LogP contribution in [0.25, 0.3) is 0 Å². The van der Waals surface area contributed by atoms with E-state index in [0.717, 1.165) is 24.8 Å². The zero-order valence-corrected chi connectivity index (χ0v) is 17.1. The minimum absolute atomic E-state index is 0.0273. The number of esters is 2. The van der Waals surface area contributed by atoms with Gasteiger partial charge < -0.3 is 19.3 Å². The van der Waals surface area contributed by atoms with Crippen LogP contribution in [-0.4, -0.2) is 49.6 Å². The molecule has 0 saturated heterocycles. The number of rotatable bonds is 4. The van der Waals surface area contributed by atoms with Gasteiger partial charge in [0.25, 0.3) is 0 Å². The molecule has 0 bridgehead atoms. The Balaban J connectivity index is 1.82. The van der Waals surface area contributed by atoms with Gasteiger partial charge in [0, 0.05) is 19.6 Å². The molecule has 0 unspecified atom stereocenters. The maximum absolute atomic E-state index is 13.0. The lowest BCUT2D eigenvalue weighted by molar-refractivity contribution is -0.149. The Hall–Kier alpha value is -2.18. The predicted octanol–water partition coefficient (Wildman–Crippen LogP) is 2.90. The summed E-state index contributed by atoms with van der Waals surface area (Å²) in [6.45, 7) is 4.36. The summed E-state index contributed by atoms with van der Waals surface area (Å²) in [6.07, 6.45) is 1.18. The molecule has 1 saturated carbocycles. The van der Waals surface area contributed by atoms with Gasteiger partial charge in [-0.15, -0.1) is 0 Å². The van der Waals surface area contributed by atoms with Crippen LogP contribution in [0.2, 0.25) is 0 Å². The first-order valence-corrected chi connectivity index (χ1v) is 10.2. The lowest BCUT2D eigenvalue weighted by Gasteiger charge is -2.57. The molecular weight excluding hydrogens is 372 g/mol. The van der Waals surface area contributed by atoms with Crippen LogP contribution >= 0.6 is 0 Å². The second-order valence-corrected chi connectivity index (χ2v) is 8.92. The first-order valence-electron chi connectivity index (χ1n) is 10.2. The molecule has 6 nitrogen and oxygen atoms in total. The van der Waals surface area contributed by atoms with Crippen LogP contribution in [0.4, 0.5) is 0 Å². The first-order chi connectivity index (χ1) is 13.9. The number of methoxy groups -OCH3 is 1. The van der Waals surface area contributed by atoms with Crippen LogP contribution in [0.5, 0.6) is 0 Å². The Labute approximate surface area is 170 Å². The van der Waals surface area contributed by atoms with E-state index in [0.29, 0.717) is 11.1 Å². The van der Waals surface area contributed by atoms with Crippen LogP contribution in [0, 0.1) is 16.7 Å². The van der Waals surface area contributed by atoms with E-state index in [1.165, 1.54) is 7.11 Å². The third kappa shape index (κ3) is 3.01. The van der Waals surface area contributed by atoms with E-state index in [1.807, 2.05) is 13.0 Å². The average molecular weight is 400 g/mol. The fourth-order valence-corrected chi connectivity index (χ4v) is 5.88. The van der Waals surface area contributed by atoms with Crippen molar-refractivity contribution in [3.8, 4) is 0 Å². The fraction of sp³-hybridized carbons (Fsp3) is 0.565. The Kier molecular flexibility index (Phi) is 5.03. The summed E-state index contributed by atoms with van der Waals surface area (Å²) in [6, 6.07) is 8.80. The fourth-order valence-electron chi connectivity index (χ4n) is 5.88. The summed E-state index contributed by atoms with van der Waals surface area (Å²) in [5, 5.41) is 10.3. The molecule has 5 atom stereocenters.